The van der Waals surface area contributed by atoms with Gasteiger partial charge in [-0.3, -0.25) is 0 Å². The zero-order valence-corrected chi connectivity index (χ0v) is 13.6. The molecule has 0 amide bonds. The van der Waals surface area contributed by atoms with Crippen LogP contribution in [0.4, 0.5) is 0 Å². The standard InChI is InChI=1S/C9H9.2C4H9.Al/c1-2-5-9-7-3-6-8(9)4-1;2*1-4(2)3;/h1-5H,6-7H2;2*4H,1H2,2-3H3;. The molecule has 0 spiro atoms. The van der Waals surface area contributed by atoms with Crippen molar-refractivity contribution >= 4 is 14.1 Å². The number of fused-ring (bicyclic) bond motifs is 1. The van der Waals surface area contributed by atoms with Crippen molar-refractivity contribution < 1.29 is 0 Å². The third kappa shape index (κ3) is 3.63. The van der Waals surface area contributed by atoms with Gasteiger partial charge in [0.05, 0.1) is 0 Å². The van der Waals surface area contributed by atoms with Gasteiger partial charge in [0.1, 0.15) is 0 Å². The molecule has 18 heavy (non-hydrogen) atoms. The first-order valence-corrected chi connectivity index (χ1v) is 9.93. The first-order valence-electron chi connectivity index (χ1n) is 7.63. The second-order valence-electron chi connectivity index (χ2n) is 6.96. The van der Waals surface area contributed by atoms with E-state index in [4.69, 9.17) is 0 Å². The summed E-state index contributed by atoms with van der Waals surface area (Å²) in [5.74, 6) is 1.79. The van der Waals surface area contributed by atoms with Gasteiger partial charge in [0.15, 0.2) is 0 Å². The summed E-state index contributed by atoms with van der Waals surface area (Å²) in [5, 5.41) is 3.08. The van der Waals surface area contributed by atoms with Crippen LogP contribution >= 0.6 is 0 Å². The molecule has 0 fully saturated rings. The van der Waals surface area contributed by atoms with Crippen molar-refractivity contribution in [3.63, 3.8) is 0 Å². The lowest BCUT2D eigenvalue weighted by molar-refractivity contribution is 0.669. The summed E-state index contributed by atoms with van der Waals surface area (Å²) in [6, 6.07) is 9.13. The number of rotatable bonds is 5. The average molecular weight is 258 g/mol. The van der Waals surface area contributed by atoms with Crippen LogP contribution in [-0.2, 0) is 12.8 Å². The maximum absolute atomic E-state index is 2.41. The number of hydrogen-bond donors (Lipinski definition) is 0. The molecular formula is C17H27Al. The van der Waals surface area contributed by atoms with Crippen LogP contribution in [0.3, 0.4) is 0 Å². The highest BCUT2D eigenvalue weighted by molar-refractivity contribution is 6.60. The van der Waals surface area contributed by atoms with E-state index in [1.54, 1.807) is 11.1 Å². The second-order valence-corrected chi connectivity index (χ2v) is 10.4. The van der Waals surface area contributed by atoms with E-state index >= 15 is 0 Å². The maximum Gasteiger partial charge on any atom is 0.266 e. The highest BCUT2D eigenvalue weighted by atomic mass is 27.2. The Morgan fingerprint density at radius 2 is 1.39 bits per heavy atom. The molecule has 0 radical (unpaired) electrons. The number of benzene rings is 1. The van der Waals surface area contributed by atoms with Crippen LogP contribution in [0.25, 0.3) is 0 Å². The van der Waals surface area contributed by atoms with Crippen LogP contribution in [0, 0.1) is 11.8 Å². The van der Waals surface area contributed by atoms with Gasteiger partial charge < -0.3 is 0 Å². The third-order valence-corrected chi connectivity index (χ3v) is 9.20. The molecule has 0 saturated carbocycles. The number of hydrogen-bond acceptors (Lipinski definition) is 0. The van der Waals surface area contributed by atoms with Crippen LogP contribution in [0.1, 0.15) is 38.8 Å². The van der Waals surface area contributed by atoms with E-state index in [9.17, 15) is 0 Å². The Labute approximate surface area is 117 Å². The zero-order chi connectivity index (χ0) is 13.1. The predicted molar refractivity (Wildman–Crippen MR) is 82.6 cm³/mol. The van der Waals surface area contributed by atoms with Crippen molar-refractivity contribution in [3.05, 3.63) is 35.4 Å². The Hall–Kier alpha value is -0.248. The van der Waals surface area contributed by atoms with Gasteiger partial charge in [-0.15, -0.1) is 0 Å². The minimum atomic E-state index is -0.589. The molecule has 0 nitrogen and oxygen atoms in total. The minimum absolute atomic E-state index is 0.589. The molecule has 1 heteroatoms. The summed E-state index contributed by atoms with van der Waals surface area (Å²) in [4.78, 5) is 0. The van der Waals surface area contributed by atoms with Crippen molar-refractivity contribution in [2.45, 2.75) is 55.9 Å². The lowest BCUT2D eigenvalue weighted by atomic mass is 10.1. The molecule has 0 aliphatic heterocycles. The Morgan fingerprint density at radius 3 is 1.78 bits per heavy atom. The second kappa shape index (κ2) is 6.27. The van der Waals surface area contributed by atoms with E-state index < -0.39 is 14.1 Å². The Bertz CT molecular complexity index is 346. The van der Waals surface area contributed by atoms with Crippen LogP contribution in [0.15, 0.2) is 24.3 Å². The highest BCUT2D eigenvalue weighted by Crippen LogP contribution is 2.37. The largest absolute Gasteiger partial charge is 0.266 e. The Morgan fingerprint density at radius 1 is 0.944 bits per heavy atom. The Balaban J connectivity index is 2.05. The lowest BCUT2D eigenvalue weighted by Crippen LogP contribution is -2.25. The van der Waals surface area contributed by atoms with E-state index in [-0.39, 0.29) is 0 Å². The first kappa shape index (κ1) is 14.2. The molecule has 98 valence electrons. The summed E-state index contributed by atoms with van der Waals surface area (Å²) in [6.45, 7) is 9.62. The molecule has 0 aromatic heterocycles. The van der Waals surface area contributed by atoms with Crippen LogP contribution < -0.4 is 0 Å². The first-order chi connectivity index (χ1) is 8.56. The third-order valence-electron chi connectivity index (χ3n) is 4.30. The molecule has 0 saturated heterocycles. The van der Waals surface area contributed by atoms with Crippen molar-refractivity contribution in [1.82, 2.24) is 0 Å². The summed E-state index contributed by atoms with van der Waals surface area (Å²) in [7, 11) is 0. The van der Waals surface area contributed by atoms with Gasteiger partial charge >= 0.3 is 0 Å². The van der Waals surface area contributed by atoms with Crippen LogP contribution in [-0.4, -0.2) is 14.1 Å². The Kier molecular flexibility index (Phi) is 4.93. The molecule has 0 heterocycles. The van der Waals surface area contributed by atoms with Crippen molar-refractivity contribution in [2.24, 2.45) is 11.8 Å². The normalized spacial score (nSPS) is 15.4. The quantitative estimate of drug-likeness (QED) is 0.655. The fraction of sp³-hybridized carbons (Fsp3) is 0.647. The molecule has 1 aliphatic carbocycles. The van der Waals surface area contributed by atoms with E-state index in [2.05, 4.69) is 52.0 Å². The van der Waals surface area contributed by atoms with Gasteiger partial charge in [-0.25, -0.2) is 0 Å². The molecule has 0 N–H and O–H groups in total. The summed E-state index contributed by atoms with van der Waals surface area (Å²) >= 11 is -0.589. The van der Waals surface area contributed by atoms with Crippen LogP contribution in [0.2, 0.25) is 15.3 Å². The molecule has 2 rings (SSSR count). The topological polar surface area (TPSA) is 0 Å². The van der Waals surface area contributed by atoms with Gasteiger partial charge in [-0.05, 0) is 24.0 Å². The molecule has 1 aromatic carbocycles. The molecule has 0 unspecified atom stereocenters. The van der Waals surface area contributed by atoms with Gasteiger partial charge in [0, 0.05) is 0 Å². The van der Waals surface area contributed by atoms with Gasteiger partial charge in [-0.1, -0.05) is 79.1 Å². The minimum Gasteiger partial charge on any atom is -0.0913 e. The SMILES string of the molecule is CC(C)[CH2][Al]([CH2]C(C)C)[CH]1Cc2ccccc2C1. The molecule has 0 atom stereocenters. The molecule has 1 aromatic rings. The van der Waals surface area contributed by atoms with E-state index in [0.29, 0.717) is 0 Å². The van der Waals surface area contributed by atoms with Crippen molar-refractivity contribution in [2.75, 3.05) is 0 Å². The van der Waals surface area contributed by atoms with E-state index in [1.165, 1.54) is 23.4 Å². The zero-order valence-electron chi connectivity index (χ0n) is 12.4. The van der Waals surface area contributed by atoms with Crippen molar-refractivity contribution in [1.29, 1.82) is 0 Å². The monoisotopic (exact) mass is 258 g/mol. The predicted octanol–water partition coefficient (Wildman–Crippen LogP) is 4.96. The van der Waals surface area contributed by atoms with E-state index in [0.717, 1.165) is 16.6 Å². The van der Waals surface area contributed by atoms with E-state index in [1.807, 2.05) is 0 Å². The smallest absolute Gasteiger partial charge is 0.0913 e. The highest BCUT2D eigenvalue weighted by Gasteiger charge is 2.33. The average Bonchev–Trinajstić information content (AvgIpc) is 2.70. The maximum atomic E-state index is 2.41. The van der Waals surface area contributed by atoms with Crippen molar-refractivity contribution in [3.8, 4) is 0 Å². The molecule has 0 bridgehead atoms. The van der Waals surface area contributed by atoms with Gasteiger partial charge in [0.2, 0.25) is 0 Å². The fourth-order valence-electron chi connectivity index (χ4n) is 3.62. The molecule has 1 aliphatic rings. The van der Waals surface area contributed by atoms with Crippen LogP contribution in [0.5, 0.6) is 0 Å². The van der Waals surface area contributed by atoms with Gasteiger partial charge in [-0.2, -0.15) is 0 Å². The van der Waals surface area contributed by atoms with Gasteiger partial charge in [0.25, 0.3) is 14.1 Å². The summed E-state index contributed by atoms with van der Waals surface area (Å²) in [6.07, 6.45) is 2.76. The summed E-state index contributed by atoms with van der Waals surface area (Å²) < 4.78 is 1.03. The lowest BCUT2D eigenvalue weighted by Gasteiger charge is -2.22. The summed E-state index contributed by atoms with van der Waals surface area (Å²) in [5.41, 5.74) is 3.29. The molecular weight excluding hydrogens is 231 g/mol. The fourth-order valence-corrected chi connectivity index (χ4v) is 8.18.